The number of piperidine rings is 1. The van der Waals surface area contributed by atoms with Crippen LogP contribution in [0.2, 0.25) is 0 Å². The molecule has 1 aromatic carbocycles. The SMILES string of the molecule is O=C(NC(CC(=O)N1CCC(N2CCOCC2)CC1)C1=C=C(c2ccc(F)cc2)C1)c1cccnc1. The van der Waals surface area contributed by atoms with Gasteiger partial charge in [0.25, 0.3) is 5.91 Å². The van der Waals surface area contributed by atoms with E-state index in [1.165, 1.54) is 18.3 Å². The van der Waals surface area contributed by atoms with E-state index in [1.807, 2.05) is 4.90 Å². The van der Waals surface area contributed by atoms with Crippen LogP contribution in [0.25, 0.3) is 5.57 Å². The summed E-state index contributed by atoms with van der Waals surface area (Å²) in [7, 11) is 0. The van der Waals surface area contributed by atoms with Crippen molar-refractivity contribution in [3.8, 4) is 0 Å². The molecule has 1 aromatic heterocycles. The van der Waals surface area contributed by atoms with E-state index in [0.717, 1.165) is 68.9 Å². The van der Waals surface area contributed by atoms with Crippen LogP contribution < -0.4 is 5.32 Å². The van der Waals surface area contributed by atoms with Gasteiger partial charge in [0.05, 0.1) is 31.2 Å². The molecule has 3 heterocycles. The van der Waals surface area contributed by atoms with Crippen LogP contribution in [0.4, 0.5) is 4.39 Å². The third kappa shape index (κ3) is 5.73. The maximum absolute atomic E-state index is 13.3. The predicted molar refractivity (Wildman–Crippen MR) is 134 cm³/mol. The van der Waals surface area contributed by atoms with E-state index >= 15 is 0 Å². The Balaban J connectivity index is 1.27. The Labute approximate surface area is 210 Å². The summed E-state index contributed by atoms with van der Waals surface area (Å²) in [4.78, 5) is 34.6. The van der Waals surface area contributed by atoms with Crippen LogP contribution in [0.3, 0.4) is 0 Å². The number of nitrogens with zero attached hydrogens (tertiary/aromatic N) is 3. The molecule has 7 nitrogen and oxygen atoms in total. The normalized spacial score (nSPS) is 19.6. The summed E-state index contributed by atoms with van der Waals surface area (Å²) in [5, 5.41) is 3.03. The third-order valence-electron chi connectivity index (χ3n) is 7.28. The summed E-state index contributed by atoms with van der Waals surface area (Å²) in [6.45, 7) is 4.91. The number of rotatable bonds is 7. The summed E-state index contributed by atoms with van der Waals surface area (Å²) in [6.07, 6.45) is 5.82. The van der Waals surface area contributed by atoms with E-state index in [-0.39, 0.29) is 24.1 Å². The van der Waals surface area contributed by atoms with Gasteiger partial charge in [-0.3, -0.25) is 19.5 Å². The van der Waals surface area contributed by atoms with Crippen molar-refractivity contribution in [3.63, 3.8) is 0 Å². The van der Waals surface area contributed by atoms with E-state index in [2.05, 4.69) is 20.9 Å². The van der Waals surface area contributed by atoms with Crippen molar-refractivity contribution < 1.29 is 18.7 Å². The zero-order valence-electron chi connectivity index (χ0n) is 20.3. The first kappa shape index (κ1) is 24.4. The lowest BCUT2D eigenvalue weighted by molar-refractivity contribution is -0.133. The molecule has 0 bridgehead atoms. The highest BCUT2D eigenvalue weighted by Gasteiger charge is 2.31. The number of hydrogen-bond acceptors (Lipinski definition) is 5. The van der Waals surface area contributed by atoms with E-state index in [4.69, 9.17) is 4.74 Å². The topological polar surface area (TPSA) is 74.8 Å². The number of benzene rings is 1. The van der Waals surface area contributed by atoms with Crippen molar-refractivity contribution >= 4 is 17.4 Å². The Kier molecular flexibility index (Phi) is 7.56. The molecule has 188 valence electrons. The number of likely N-dealkylation sites (tertiary alicyclic amines) is 1. The highest BCUT2D eigenvalue weighted by Crippen LogP contribution is 2.32. The number of aromatic nitrogens is 1. The highest BCUT2D eigenvalue weighted by molar-refractivity contribution is 5.95. The summed E-state index contributed by atoms with van der Waals surface area (Å²) in [6, 6.07) is 9.75. The molecule has 0 spiro atoms. The van der Waals surface area contributed by atoms with Crippen molar-refractivity contribution in [3.05, 3.63) is 77.0 Å². The van der Waals surface area contributed by atoms with Crippen LogP contribution in [0, 0.1) is 5.82 Å². The lowest BCUT2D eigenvalue weighted by Gasteiger charge is -2.40. The summed E-state index contributed by atoms with van der Waals surface area (Å²) < 4.78 is 18.8. The maximum Gasteiger partial charge on any atom is 0.253 e. The molecule has 3 aliphatic rings. The minimum absolute atomic E-state index is 0.0384. The average molecular weight is 491 g/mol. The third-order valence-corrected chi connectivity index (χ3v) is 7.28. The number of halogens is 1. The molecule has 0 saturated carbocycles. The quantitative estimate of drug-likeness (QED) is 0.604. The van der Waals surface area contributed by atoms with E-state index in [0.29, 0.717) is 18.0 Å². The number of pyridine rings is 1. The second-order valence-electron chi connectivity index (χ2n) is 9.54. The number of nitrogens with one attached hydrogen (secondary N) is 1. The number of ether oxygens (including phenoxy) is 1. The first-order valence-electron chi connectivity index (χ1n) is 12.6. The predicted octanol–water partition coefficient (Wildman–Crippen LogP) is 3.05. The van der Waals surface area contributed by atoms with Crippen molar-refractivity contribution in [2.75, 3.05) is 39.4 Å². The molecule has 1 atom stereocenters. The zero-order chi connectivity index (χ0) is 24.9. The van der Waals surface area contributed by atoms with Gasteiger partial charge >= 0.3 is 0 Å². The minimum atomic E-state index is -0.452. The Hall–Kier alpha value is -3.32. The minimum Gasteiger partial charge on any atom is -0.379 e. The van der Waals surface area contributed by atoms with Crippen molar-refractivity contribution in [2.24, 2.45) is 0 Å². The number of hydrogen-bond donors (Lipinski definition) is 1. The van der Waals surface area contributed by atoms with E-state index < -0.39 is 6.04 Å². The van der Waals surface area contributed by atoms with Gasteiger partial charge in [0.15, 0.2) is 0 Å². The Morgan fingerprint density at radius 3 is 2.50 bits per heavy atom. The lowest BCUT2D eigenvalue weighted by atomic mass is 9.85. The van der Waals surface area contributed by atoms with Crippen LogP contribution in [-0.2, 0) is 9.53 Å². The standard InChI is InChI=1S/C28H31FN4O3/c29-24-5-3-20(4-6-24)22-16-23(17-22)26(31-28(35)21-2-1-9-30-19-21)18-27(34)33-10-7-25(8-11-33)32-12-14-36-15-13-32/h1-6,9,19,25-26H,7-8,10-16,18H2,(H,31,35). The Bertz CT molecular complexity index is 1150. The van der Waals surface area contributed by atoms with Gasteiger partial charge in [0.1, 0.15) is 5.82 Å². The molecule has 36 heavy (non-hydrogen) atoms. The number of carbonyl (C=O) groups excluding carboxylic acids is 2. The first-order valence-corrected chi connectivity index (χ1v) is 12.6. The smallest absolute Gasteiger partial charge is 0.253 e. The molecule has 0 radical (unpaired) electrons. The highest BCUT2D eigenvalue weighted by atomic mass is 19.1. The zero-order valence-corrected chi connectivity index (χ0v) is 20.3. The van der Waals surface area contributed by atoms with Gasteiger partial charge in [-0.15, -0.1) is 5.73 Å². The van der Waals surface area contributed by atoms with Crippen LogP contribution in [0.15, 0.2) is 60.1 Å². The molecule has 2 amide bonds. The van der Waals surface area contributed by atoms with Crippen molar-refractivity contribution in [1.82, 2.24) is 20.1 Å². The van der Waals surface area contributed by atoms with Gasteiger partial charge in [-0.1, -0.05) is 12.1 Å². The fraction of sp³-hybridized carbons (Fsp3) is 0.429. The van der Waals surface area contributed by atoms with E-state index in [9.17, 15) is 14.0 Å². The molecule has 2 saturated heterocycles. The largest absolute Gasteiger partial charge is 0.379 e. The molecule has 8 heteroatoms. The van der Waals surface area contributed by atoms with Gasteiger partial charge in [0.2, 0.25) is 5.91 Å². The van der Waals surface area contributed by atoms with Gasteiger partial charge in [-0.25, -0.2) is 4.39 Å². The molecule has 1 unspecified atom stereocenters. The van der Waals surface area contributed by atoms with Crippen LogP contribution in [0.5, 0.6) is 0 Å². The summed E-state index contributed by atoms with van der Waals surface area (Å²) in [5.41, 5.74) is 6.49. The second-order valence-corrected chi connectivity index (χ2v) is 9.54. The lowest BCUT2D eigenvalue weighted by Crippen LogP contribution is -2.51. The Morgan fingerprint density at radius 1 is 1.11 bits per heavy atom. The molecule has 5 rings (SSSR count). The van der Waals surface area contributed by atoms with Crippen LogP contribution >= 0.6 is 0 Å². The molecule has 1 N–H and O–H groups in total. The van der Waals surface area contributed by atoms with Gasteiger partial charge in [-0.05, 0) is 48.2 Å². The Morgan fingerprint density at radius 2 is 1.83 bits per heavy atom. The molecular formula is C28H31FN4O3. The van der Waals surface area contributed by atoms with Crippen LogP contribution in [0.1, 0.15) is 41.6 Å². The number of amides is 2. The summed E-state index contributed by atoms with van der Waals surface area (Å²) in [5.74, 6) is -0.514. The molecule has 2 aliphatic heterocycles. The monoisotopic (exact) mass is 490 g/mol. The van der Waals surface area contributed by atoms with Gasteiger partial charge in [0, 0.05) is 56.6 Å². The van der Waals surface area contributed by atoms with Gasteiger partial charge in [-0.2, -0.15) is 0 Å². The first-order chi connectivity index (χ1) is 17.6. The fourth-order valence-corrected chi connectivity index (χ4v) is 5.13. The van der Waals surface area contributed by atoms with Crippen molar-refractivity contribution in [2.45, 2.75) is 37.8 Å². The number of carbonyl (C=O) groups is 2. The molecular weight excluding hydrogens is 459 g/mol. The van der Waals surface area contributed by atoms with Gasteiger partial charge < -0.3 is 15.0 Å². The van der Waals surface area contributed by atoms with E-state index in [1.54, 1.807) is 30.5 Å². The fourth-order valence-electron chi connectivity index (χ4n) is 5.13. The molecule has 2 aromatic rings. The molecule has 2 fully saturated rings. The van der Waals surface area contributed by atoms with Crippen LogP contribution in [-0.4, -0.2) is 78.1 Å². The second kappa shape index (κ2) is 11.2. The maximum atomic E-state index is 13.3. The number of morpholine rings is 1. The summed E-state index contributed by atoms with van der Waals surface area (Å²) >= 11 is 0. The average Bonchev–Trinajstić information content (AvgIpc) is 2.90. The molecule has 1 aliphatic carbocycles. The van der Waals surface area contributed by atoms with Crippen molar-refractivity contribution in [1.29, 1.82) is 0 Å².